The van der Waals surface area contributed by atoms with Crippen molar-refractivity contribution in [2.45, 2.75) is 33.2 Å². The third-order valence-electron chi connectivity index (χ3n) is 3.77. The molecule has 0 radical (unpaired) electrons. The summed E-state index contributed by atoms with van der Waals surface area (Å²) < 4.78 is 1.64. The number of carbonyl (C=O) groups excluding carboxylic acids is 1. The minimum absolute atomic E-state index is 0.00584. The molecule has 0 bridgehead atoms. The van der Waals surface area contributed by atoms with Gasteiger partial charge in [0.05, 0.1) is 15.6 Å². The lowest BCUT2D eigenvalue weighted by Gasteiger charge is -2.06. The average Bonchev–Trinajstić information content (AvgIpc) is 3.28. The quantitative estimate of drug-likeness (QED) is 0.669. The molecule has 0 aliphatic heterocycles. The smallest absolute Gasteiger partial charge is 0.307 e. The van der Waals surface area contributed by atoms with Crippen LogP contribution >= 0.6 is 34.0 Å². The van der Waals surface area contributed by atoms with Gasteiger partial charge >= 0.3 is 4.87 Å². The van der Waals surface area contributed by atoms with Crippen molar-refractivity contribution in [2.24, 2.45) is 0 Å². The number of rotatable bonds is 7. The molecule has 1 amide bonds. The highest BCUT2D eigenvalue weighted by atomic mass is 32.1. The third-order valence-corrected chi connectivity index (χ3v) is 6.59. The average molecular weight is 394 g/mol. The number of thiophene rings is 1. The van der Waals surface area contributed by atoms with E-state index in [0.717, 1.165) is 27.7 Å². The summed E-state index contributed by atoms with van der Waals surface area (Å²) in [5.41, 5.74) is 1.94. The van der Waals surface area contributed by atoms with Gasteiger partial charge in [0.25, 0.3) is 0 Å². The summed E-state index contributed by atoms with van der Waals surface area (Å²) in [7, 11) is 0. The lowest BCUT2D eigenvalue weighted by molar-refractivity contribution is -0.121. The Morgan fingerprint density at radius 3 is 2.76 bits per heavy atom. The van der Waals surface area contributed by atoms with Gasteiger partial charge in [-0.05, 0) is 32.4 Å². The summed E-state index contributed by atoms with van der Waals surface area (Å²) in [6, 6.07) is 4.18. The molecule has 132 valence electrons. The maximum absolute atomic E-state index is 12.0. The standard InChI is InChI=1S/C17H19N3O2S3/c1-11-9-24-17(22)20(11)8-6-16(21)18-7-5-13-3-4-15(25-13)14-10-23-12(2)19-14/h3-4,9-10H,5-8H2,1-2H3,(H,18,21). The molecule has 0 aliphatic rings. The van der Waals surface area contributed by atoms with Gasteiger partial charge in [-0.1, -0.05) is 11.3 Å². The van der Waals surface area contributed by atoms with E-state index in [4.69, 9.17) is 0 Å². The Bertz CT molecular complexity index is 920. The van der Waals surface area contributed by atoms with E-state index < -0.39 is 0 Å². The van der Waals surface area contributed by atoms with E-state index in [0.29, 0.717) is 19.5 Å². The van der Waals surface area contributed by atoms with Crippen molar-refractivity contribution in [3.05, 3.63) is 48.1 Å². The Hall–Kier alpha value is -1.77. The van der Waals surface area contributed by atoms with Crippen molar-refractivity contribution in [1.82, 2.24) is 14.9 Å². The van der Waals surface area contributed by atoms with E-state index in [-0.39, 0.29) is 10.8 Å². The summed E-state index contributed by atoms with van der Waals surface area (Å²) in [4.78, 5) is 30.5. The summed E-state index contributed by atoms with van der Waals surface area (Å²) in [6.45, 7) is 4.93. The highest BCUT2D eigenvalue weighted by molar-refractivity contribution is 7.16. The van der Waals surface area contributed by atoms with Crippen LogP contribution in [0, 0.1) is 13.8 Å². The molecule has 0 saturated carbocycles. The summed E-state index contributed by atoms with van der Waals surface area (Å²) >= 11 is 4.54. The van der Waals surface area contributed by atoms with Gasteiger partial charge in [0.1, 0.15) is 0 Å². The molecule has 0 aromatic carbocycles. The SMILES string of the molecule is Cc1nc(-c2ccc(CCNC(=O)CCn3c(C)csc3=O)s2)cs1. The van der Waals surface area contributed by atoms with Crippen LogP contribution in [-0.4, -0.2) is 22.0 Å². The summed E-state index contributed by atoms with van der Waals surface area (Å²) in [5, 5.41) is 7.88. The number of amides is 1. The largest absolute Gasteiger partial charge is 0.356 e. The van der Waals surface area contributed by atoms with Gasteiger partial charge in [0, 0.05) is 40.8 Å². The van der Waals surface area contributed by atoms with Crippen LogP contribution in [0.3, 0.4) is 0 Å². The van der Waals surface area contributed by atoms with Crippen LogP contribution in [0.25, 0.3) is 10.6 Å². The van der Waals surface area contributed by atoms with Gasteiger partial charge in [0.2, 0.25) is 5.91 Å². The number of nitrogens with one attached hydrogen (secondary N) is 1. The van der Waals surface area contributed by atoms with Crippen LogP contribution in [0.4, 0.5) is 0 Å². The van der Waals surface area contributed by atoms with E-state index in [1.807, 2.05) is 19.2 Å². The molecule has 0 spiro atoms. The number of aromatic nitrogens is 2. The Labute approximate surface area is 158 Å². The number of nitrogens with zero attached hydrogens (tertiary/aromatic N) is 2. The maximum atomic E-state index is 12.0. The first kappa shape index (κ1) is 18.0. The number of carbonyl (C=O) groups is 1. The van der Waals surface area contributed by atoms with Gasteiger partial charge in [-0.2, -0.15) is 0 Å². The van der Waals surface area contributed by atoms with Crippen molar-refractivity contribution in [3.63, 3.8) is 0 Å². The Morgan fingerprint density at radius 1 is 1.24 bits per heavy atom. The van der Waals surface area contributed by atoms with E-state index in [1.54, 1.807) is 27.2 Å². The fourth-order valence-corrected chi connectivity index (χ4v) is 4.84. The Morgan fingerprint density at radius 2 is 2.08 bits per heavy atom. The van der Waals surface area contributed by atoms with E-state index >= 15 is 0 Å². The second-order valence-corrected chi connectivity index (χ2v) is 8.71. The van der Waals surface area contributed by atoms with Gasteiger partial charge < -0.3 is 9.88 Å². The van der Waals surface area contributed by atoms with Crippen molar-refractivity contribution < 1.29 is 4.79 Å². The zero-order chi connectivity index (χ0) is 17.8. The first-order valence-corrected chi connectivity index (χ1v) is 10.5. The Kier molecular flexibility index (Phi) is 5.82. The van der Waals surface area contributed by atoms with Gasteiger partial charge in [0.15, 0.2) is 0 Å². The highest BCUT2D eigenvalue weighted by Gasteiger charge is 2.08. The molecule has 0 saturated heterocycles. The Balaban J connectivity index is 1.44. The molecular formula is C17H19N3O2S3. The molecule has 5 nitrogen and oxygen atoms in total. The molecule has 0 atom stereocenters. The normalized spacial score (nSPS) is 11.0. The fourth-order valence-electron chi connectivity index (χ4n) is 2.43. The van der Waals surface area contributed by atoms with Crippen LogP contribution < -0.4 is 10.2 Å². The number of aryl methyl sites for hydroxylation is 2. The first-order chi connectivity index (χ1) is 12.0. The molecule has 8 heteroatoms. The number of thiazole rings is 2. The minimum Gasteiger partial charge on any atom is -0.356 e. The monoisotopic (exact) mass is 393 g/mol. The summed E-state index contributed by atoms with van der Waals surface area (Å²) in [6.07, 6.45) is 1.13. The molecule has 0 aliphatic carbocycles. The number of hydrogen-bond donors (Lipinski definition) is 1. The fraction of sp³-hybridized carbons (Fsp3) is 0.353. The van der Waals surface area contributed by atoms with Crippen LogP contribution in [-0.2, 0) is 17.8 Å². The molecule has 3 aromatic rings. The van der Waals surface area contributed by atoms with Crippen LogP contribution in [0.5, 0.6) is 0 Å². The first-order valence-electron chi connectivity index (χ1n) is 7.96. The highest BCUT2D eigenvalue weighted by Crippen LogP contribution is 2.29. The minimum atomic E-state index is -0.0237. The van der Waals surface area contributed by atoms with Crippen molar-refractivity contribution >= 4 is 39.9 Å². The molecule has 0 fully saturated rings. The van der Waals surface area contributed by atoms with Crippen molar-refractivity contribution in [3.8, 4) is 10.6 Å². The van der Waals surface area contributed by atoms with Gasteiger partial charge in [-0.15, -0.1) is 22.7 Å². The molecule has 3 heterocycles. The summed E-state index contributed by atoms with van der Waals surface area (Å²) in [5.74, 6) is -0.0237. The molecule has 1 N–H and O–H groups in total. The third kappa shape index (κ3) is 4.65. The molecule has 3 aromatic heterocycles. The van der Waals surface area contributed by atoms with E-state index in [9.17, 15) is 9.59 Å². The van der Waals surface area contributed by atoms with Crippen molar-refractivity contribution in [2.75, 3.05) is 6.54 Å². The molecule has 3 rings (SSSR count). The lowest BCUT2D eigenvalue weighted by Crippen LogP contribution is -2.27. The second kappa shape index (κ2) is 8.07. The van der Waals surface area contributed by atoms with Crippen molar-refractivity contribution in [1.29, 1.82) is 0 Å². The maximum Gasteiger partial charge on any atom is 0.307 e. The molecule has 25 heavy (non-hydrogen) atoms. The van der Waals surface area contributed by atoms with Crippen LogP contribution in [0.1, 0.15) is 22.0 Å². The van der Waals surface area contributed by atoms with Crippen LogP contribution in [0.15, 0.2) is 27.7 Å². The van der Waals surface area contributed by atoms with E-state index in [1.165, 1.54) is 16.2 Å². The lowest BCUT2D eigenvalue weighted by atomic mass is 10.3. The topological polar surface area (TPSA) is 64.0 Å². The molecular weight excluding hydrogens is 374 g/mol. The zero-order valence-corrected chi connectivity index (χ0v) is 16.5. The van der Waals surface area contributed by atoms with Gasteiger partial charge in [-0.3, -0.25) is 9.59 Å². The predicted octanol–water partition coefficient (Wildman–Crippen LogP) is 3.46. The second-order valence-electron chi connectivity index (χ2n) is 5.66. The zero-order valence-electron chi connectivity index (χ0n) is 14.1. The van der Waals surface area contributed by atoms with E-state index in [2.05, 4.69) is 27.8 Å². The number of hydrogen-bond acceptors (Lipinski definition) is 6. The van der Waals surface area contributed by atoms with Crippen LogP contribution in [0.2, 0.25) is 0 Å². The predicted molar refractivity (Wildman–Crippen MR) is 105 cm³/mol. The molecule has 0 unspecified atom stereocenters. The van der Waals surface area contributed by atoms with Gasteiger partial charge in [-0.25, -0.2) is 4.98 Å².